The first-order valence-corrected chi connectivity index (χ1v) is 11.4. The van der Waals surface area contributed by atoms with E-state index in [9.17, 15) is 9.90 Å². The van der Waals surface area contributed by atoms with Crippen LogP contribution in [0.5, 0.6) is 0 Å². The molecular weight excluding hydrogens is 409 g/mol. The molecular formula is C24H32FN5O2. The van der Waals surface area contributed by atoms with Crippen molar-refractivity contribution >= 4 is 11.7 Å². The minimum absolute atomic E-state index is 0.206. The summed E-state index contributed by atoms with van der Waals surface area (Å²) in [6, 6.07) is 8.58. The summed E-state index contributed by atoms with van der Waals surface area (Å²) in [5.74, 6) is -0.403. The SMILES string of the molecule is Cc1ccc(CN(c2ncnc(CCC3(O)CCN(CC(N)=O)CC3)c2F)C2CC2)cc1. The van der Waals surface area contributed by atoms with Gasteiger partial charge in [0.05, 0.1) is 17.8 Å². The Morgan fingerprint density at radius 1 is 1.25 bits per heavy atom. The summed E-state index contributed by atoms with van der Waals surface area (Å²) in [5.41, 5.74) is 7.04. The summed E-state index contributed by atoms with van der Waals surface area (Å²) in [5, 5.41) is 11.0. The number of nitrogens with zero attached hydrogens (tertiary/aromatic N) is 4. The quantitative estimate of drug-likeness (QED) is 0.620. The molecule has 2 aromatic rings. The first kappa shape index (κ1) is 22.6. The molecule has 0 radical (unpaired) electrons. The predicted octanol–water partition coefficient (Wildman–Crippen LogP) is 2.34. The number of piperidine rings is 1. The number of halogens is 1. The molecule has 2 heterocycles. The van der Waals surface area contributed by atoms with Crippen LogP contribution >= 0.6 is 0 Å². The number of aliphatic hydroxyl groups is 1. The van der Waals surface area contributed by atoms with Gasteiger partial charge >= 0.3 is 0 Å². The molecule has 2 fully saturated rings. The number of aromatic nitrogens is 2. The average molecular weight is 442 g/mol. The van der Waals surface area contributed by atoms with Crippen molar-refractivity contribution in [3.05, 3.63) is 53.2 Å². The Bertz CT molecular complexity index is 940. The molecule has 1 saturated heterocycles. The van der Waals surface area contributed by atoms with Crippen LogP contribution in [-0.4, -0.2) is 57.2 Å². The summed E-state index contributed by atoms with van der Waals surface area (Å²) in [4.78, 5) is 23.6. The van der Waals surface area contributed by atoms with E-state index in [1.54, 1.807) is 0 Å². The molecule has 0 bridgehead atoms. The van der Waals surface area contributed by atoms with Gasteiger partial charge in [0.2, 0.25) is 5.91 Å². The Labute approximate surface area is 188 Å². The standard InChI is InChI=1S/C24H32FN5O2/c1-17-2-4-18(5-3-17)14-30(19-6-7-19)23-22(25)20(27-16-28-23)8-9-24(32)10-12-29(13-11-24)15-21(26)31/h2-5,16,19,32H,6-15H2,1H3,(H2,26,31). The molecule has 0 atom stereocenters. The van der Waals surface area contributed by atoms with E-state index in [4.69, 9.17) is 5.73 Å². The maximum absolute atomic E-state index is 15.5. The number of likely N-dealkylation sites (tertiary alicyclic amines) is 1. The van der Waals surface area contributed by atoms with Crippen LogP contribution in [0.15, 0.2) is 30.6 Å². The van der Waals surface area contributed by atoms with Crippen molar-refractivity contribution in [2.45, 2.75) is 63.6 Å². The van der Waals surface area contributed by atoms with Crippen molar-refractivity contribution in [1.82, 2.24) is 14.9 Å². The third kappa shape index (κ3) is 5.61. The molecule has 1 aliphatic heterocycles. The number of aryl methyl sites for hydroxylation is 2. The highest BCUT2D eigenvalue weighted by Crippen LogP contribution is 2.34. The number of hydrogen-bond donors (Lipinski definition) is 2. The van der Waals surface area contributed by atoms with Crippen molar-refractivity contribution in [3.63, 3.8) is 0 Å². The lowest BCUT2D eigenvalue weighted by Crippen LogP contribution is -2.47. The second kappa shape index (κ2) is 9.50. The lowest BCUT2D eigenvalue weighted by Gasteiger charge is -2.37. The van der Waals surface area contributed by atoms with Crippen LogP contribution in [-0.2, 0) is 17.8 Å². The molecule has 4 rings (SSSR count). The highest BCUT2D eigenvalue weighted by atomic mass is 19.1. The van der Waals surface area contributed by atoms with Crippen molar-refractivity contribution in [1.29, 1.82) is 0 Å². The van der Waals surface area contributed by atoms with Crippen LogP contribution in [0.4, 0.5) is 10.2 Å². The summed E-state index contributed by atoms with van der Waals surface area (Å²) in [6.07, 6.45) is 5.32. The summed E-state index contributed by atoms with van der Waals surface area (Å²) in [7, 11) is 0. The fourth-order valence-electron chi connectivity index (χ4n) is 4.37. The number of carbonyl (C=O) groups excluding carboxylic acids is 1. The number of nitrogens with two attached hydrogens (primary N) is 1. The van der Waals surface area contributed by atoms with Crippen LogP contribution in [0.1, 0.15) is 48.9 Å². The zero-order valence-electron chi connectivity index (χ0n) is 18.6. The second-order valence-corrected chi connectivity index (χ2v) is 9.27. The van der Waals surface area contributed by atoms with Crippen molar-refractivity contribution in [2.24, 2.45) is 5.73 Å². The van der Waals surface area contributed by atoms with E-state index in [0.717, 1.165) is 18.4 Å². The summed E-state index contributed by atoms with van der Waals surface area (Å²) >= 11 is 0. The lowest BCUT2D eigenvalue weighted by atomic mass is 9.86. The third-order valence-electron chi connectivity index (χ3n) is 6.57. The van der Waals surface area contributed by atoms with Crippen molar-refractivity contribution in [2.75, 3.05) is 24.5 Å². The Morgan fingerprint density at radius 2 is 1.94 bits per heavy atom. The van der Waals surface area contributed by atoms with Crippen LogP contribution in [0.25, 0.3) is 0 Å². The number of primary amides is 1. The first-order valence-electron chi connectivity index (χ1n) is 11.4. The molecule has 3 N–H and O–H groups in total. The van der Waals surface area contributed by atoms with E-state index in [2.05, 4.69) is 34.2 Å². The fraction of sp³-hybridized carbons (Fsp3) is 0.542. The third-order valence-corrected chi connectivity index (χ3v) is 6.57. The lowest BCUT2D eigenvalue weighted by molar-refractivity contribution is -0.120. The molecule has 172 valence electrons. The maximum Gasteiger partial charge on any atom is 0.231 e. The zero-order chi connectivity index (χ0) is 22.7. The van der Waals surface area contributed by atoms with Gasteiger partial charge in [-0.15, -0.1) is 0 Å². The minimum atomic E-state index is -0.885. The number of carbonyl (C=O) groups is 1. The van der Waals surface area contributed by atoms with E-state index in [1.165, 1.54) is 11.9 Å². The average Bonchev–Trinajstić information content (AvgIpc) is 3.60. The van der Waals surface area contributed by atoms with Crippen LogP contribution in [0.3, 0.4) is 0 Å². The van der Waals surface area contributed by atoms with Gasteiger partial charge in [-0.05, 0) is 51.0 Å². The monoisotopic (exact) mass is 441 g/mol. The van der Waals surface area contributed by atoms with E-state index >= 15 is 4.39 Å². The van der Waals surface area contributed by atoms with Gasteiger partial charge in [-0.3, -0.25) is 9.69 Å². The number of hydrogen-bond acceptors (Lipinski definition) is 6. The normalized spacial score (nSPS) is 18.5. The van der Waals surface area contributed by atoms with Crippen molar-refractivity contribution < 1.29 is 14.3 Å². The van der Waals surface area contributed by atoms with Gasteiger partial charge in [-0.2, -0.15) is 0 Å². The number of amides is 1. The highest BCUT2D eigenvalue weighted by molar-refractivity contribution is 5.75. The Kier molecular flexibility index (Phi) is 6.71. The van der Waals surface area contributed by atoms with Crippen LogP contribution in [0, 0.1) is 12.7 Å². The van der Waals surface area contributed by atoms with E-state index in [0.29, 0.717) is 62.9 Å². The molecule has 8 heteroatoms. The van der Waals surface area contributed by atoms with Gasteiger partial charge < -0.3 is 15.7 Å². The Morgan fingerprint density at radius 3 is 2.56 bits per heavy atom. The van der Waals surface area contributed by atoms with Gasteiger partial charge in [0.1, 0.15) is 6.33 Å². The maximum atomic E-state index is 15.5. The number of rotatable bonds is 9. The molecule has 2 aliphatic rings. The second-order valence-electron chi connectivity index (χ2n) is 9.27. The highest BCUT2D eigenvalue weighted by Gasteiger charge is 2.35. The molecule has 0 spiro atoms. The number of benzene rings is 1. The van der Waals surface area contributed by atoms with Gasteiger partial charge in [0, 0.05) is 25.7 Å². The molecule has 1 aliphatic carbocycles. The Balaban J connectivity index is 1.42. The minimum Gasteiger partial charge on any atom is -0.390 e. The molecule has 32 heavy (non-hydrogen) atoms. The predicted molar refractivity (Wildman–Crippen MR) is 121 cm³/mol. The summed E-state index contributed by atoms with van der Waals surface area (Å²) in [6.45, 7) is 4.07. The van der Waals surface area contributed by atoms with Crippen molar-refractivity contribution in [3.8, 4) is 0 Å². The first-order chi connectivity index (χ1) is 15.3. The molecule has 1 aromatic carbocycles. The van der Waals surface area contributed by atoms with E-state index in [-0.39, 0.29) is 18.3 Å². The molecule has 1 saturated carbocycles. The molecule has 1 amide bonds. The van der Waals surface area contributed by atoms with Crippen LogP contribution < -0.4 is 10.6 Å². The Hall–Kier alpha value is -2.58. The zero-order valence-corrected chi connectivity index (χ0v) is 18.6. The molecule has 7 nitrogen and oxygen atoms in total. The van der Waals surface area contributed by atoms with E-state index < -0.39 is 5.60 Å². The smallest absolute Gasteiger partial charge is 0.231 e. The fourth-order valence-corrected chi connectivity index (χ4v) is 4.37. The topological polar surface area (TPSA) is 95.6 Å². The van der Waals surface area contributed by atoms with Gasteiger partial charge in [0.25, 0.3) is 0 Å². The van der Waals surface area contributed by atoms with Gasteiger partial charge in [-0.1, -0.05) is 29.8 Å². The molecule has 0 unspecified atom stereocenters. The molecule has 1 aromatic heterocycles. The van der Waals surface area contributed by atoms with E-state index in [1.807, 2.05) is 16.7 Å². The number of anilines is 1. The van der Waals surface area contributed by atoms with Gasteiger partial charge in [-0.25, -0.2) is 14.4 Å². The van der Waals surface area contributed by atoms with Crippen LogP contribution in [0.2, 0.25) is 0 Å². The summed E-state index contributed by atoms with van der Waals surface area (Å²) < 4.78 is 15.5. The largest absolute Gasteiger partial charge is 0.390 e. The van der Waals surface area contributed by atoms with Gasteiger partial charge in [0.15, 0.2) is 11.6 Å².